The van der Waals surface area contributed by atoms with Gasteiger partial charge in [0, 0.05) is 17.2 Å². The first kappa shape index (κ1) is 24.8. The predicted molar refractivity (Wildman–Crippen MR) is 117 cm³/mol. The molecule has 0 aliphatic heterocycles. The van der Waals surface area contributed by atoms with E-state index in [0.29, 0.717) is 6.07 Å². The number of benzene rings is 2. The number of rotatable bonds is 7. The van der Waals surface area contributed by atoms with Gasteiger partial charge >= 0.3 is 0 Å². The quantitative estimate of drug-likeness (QED) is 0.495. The molecule has 9 nitrogen and oxygen atoms in total. The number of aromatic nitrogens is 1. The van der Waals surface area contributed by atoms with Crippen LogP contribution in [-0.2, 0) is 14.8 Å². The lowest BCUT2D eigenvalue weighted by molar-refractivity contribution is -0.118. The van der Waals surface area contributed by atoms with E-state index in [2.05, 4.69) is 10.3 Å². The summed E-state index contributed by atoms with van der Waals surface area (Å²) in [5.41, 5.74) is 0.477. The van der Waals surface area contributed by atoms with Gasteiger partial charge in [-0.15, -0.1) is 0 Å². The third kappa shape index (κ3) is 6.16. The lowest BCUT2D eigenvalue weighted by Crippen LogP contribution is -2.22. The molecule has 2 aromatic carbocycles. The van der Waals surface area contributed by atoms with Gasteiger partial charge in [0.05, 0.1) is 23.0 Å². The molecule has 1 aromatic heterocycles. The highest BCUT2D eigenvalue weighted by Crippen LogP contribution is 2.36. The molecule has 0 aliphatic rings. The second-order valence-corrected chi connectivity index (χ2v) is 8.71. The van der Waals surface area contributed by atoms with Crippen molar-refractivity contribution in [3.63, 3.8) is 0 Å². The summed E-state index contributed by atoms with van der Waals surface area (Å²) in [6.45, 7) is 0.728. The lowest BCUT2D eigenvalue weighted by Gasteiger charge is -2.14. The van der Waals surface area contributed by atoms with Gasteiger partial charge < -0.3 is 14.8 Å². The minimum absolute atomic E-state index is 0.0139. The fraction of sp³-hybridized carbons (Fsp3) is 0.0952. The minimum atomic E-state index is -4.02. The highest BCUT2D eigenvalue weighted by atomic mass is 35.5. The fourth-order valence-corrected chi connectivity index (χ4v) is 3.47. The largest absolute Gasteiger partial charge is 0.477 e. The molecule has 0 atom stereocenters. The number of anilines is 1. The van der Waals surface area contributed by atoms with Crippen molar-refractivity contribution in [2.75, 3.05) is 11.9 Å². The smallest absolute Gasteiger partial charge is 0.262 e. The van der Waals surface area contributed by atoms with E-state index in [4.69, 9.17) is 31.5 Å². The first-order chi connectivity index (χ1) is 16.0. The van der Waals surface area contributed by atoms with Gasteiger partial charge in [-0.1, -0.05) is 11.6 Å². The molecule has 3 aromatic rings. The number of nitrogens with zero attached hydrogens (tertiary/aromatic N) is 2. The normalized spacial score (nSPS) is 10.9. The Labute approximate surface area is 197 Å². The topological polar surface area (TPSA) is 144 Å². The Bertz CT molecular complexity index is 1430. The van der Waals surface area contributed by atoms with Gasteiger partial charge in [-0.2, -0.15) is 5.26 Å². The molecule has 0 saturated heterocycles. The number of halogens is 3. The molecular weight excluding hydrogens is 494 g/mol. The average Bonchev–Trinajstić information content (AvgIpc) is 2.73. The van der Waals surface area contributed by atoms with Crippen molar-refractivity contribution in [2.24, 2.45) is 5.14 Å². The van der Waals surface area contributed by atoms with Gasteiger partial charge in [0.2, 0.25) is 0 Å². The van der Waals surface area contributed by atoms with Crippen LogP contribution in [0.2, 0.25) is 5.02 Å². The summed E-state index contributed by atoms with van der Waals surface area (Å²) < 4.78 is 61.6. The van der Waals surface area contributed by atoms with Crippen molar-refractivity contribution in [3.8, 4) is 23.3 Å². The van der Waals surface area contributed by atoms with Gasteiger partial charge in [0.1, 0.15) is 11.6 Å². The fourth-order valence-electron chi connectivity index (χ4n) is 2.72. The van der Waals surface area contributed by atoms with E-state index in [1.165, 1.54) is 31.2 Å². The van der Waals surface area contributed by atoms with Crippen molar-refractivity contribution in [1.29, 1.82) is 5.26 Å². The highest BCUT2D eigenvalue weighted by molar-refractivity contribution is 7.89. The maximum atomic E-state index is 14.4. The molecule has 0 unspecified atom stereocenters. The third-order valence-corrected chi connectivity index (χ3v) is 5.20. The molecule has 176 valence electrons. The molecule has 13 heteroatoms. The molecule has 1 amide bonds. The maximum Gasteiger partial charge on any atom is 0.262 e. The molecule has 3 N–H and O–H groups in total. The number of sulfonamides is 1. The number of nitriles is 1. The van der Waals surface area contributed by atoms with Crippen molar-refractivity contribution >= 4 is 33.2 Å². The molecule has 0 bridgehead atoms. The van der Waals surface area contributed by atoms with Crippen LogP contribution in [0.4, 0.5) is 14.5 Å². The van der Waals surface area contributed by atoms with Crippen molar-refractivity contribution < 1.29 is 31.5 Å². The van der Waals surface area contributed by atoms with Crippen molar-refractivity contribution in [3.05, 3.63) is 70.4 Å². The number of hydrogen-bond donors (Lipinski definition) is 2. The maximum absolute atomic E-state index is 14.4. The van der Waals surface area contributed by atoms with E-state index in [-0.39, 0.29) is 32.7 Å². The summed E-state index contributed by atoms with van der Waals surface area (Å²) in [6, 6.07) is 9.61. The zero-order chi connectivity index (χ0) is 25.0. The highest BCUT2D eigenvalue weighted by Gasteiger charge is 2.18. The first-order valence-corrected chi connectivity index (χ1v) is 11.2. The number of aryl methyl sites for hydroxylation is 1. The van der Waals surface area contributed by atoms with Crippen LogP contribution in [0.5, 0.6) is 17.2 Å². The summed E-state index contributed by atoms with van der Waals surface area (Å²) in [5.74, 6) is -3.80. The summed E-state index contributed by atoms with van der Waals surface area (Å²) in [7, 11) is -4.02. The van der Waals surface area contributed by atoms with Crippen LogP contribution in [0.15, 0.2) is 47.5 Å². The Hall–Kier alpha value is -3.79. The van der Waals surface area contributed by atoms with Crippen LogP contribution in [-0.4, -0.2) is 25.9 Å². The molecule has 34 heavy (non-hydrogen) atoms. The number of nitrogens with one attached hydrogen (secondary N) is 1. The molecule has 0 spiro atoms. The van der Waals surface area contributed by atoms with Gasteiger partial charge in [-0.3, -0.25) is 4.79 Å². The van der Waals surface area contributed by atoms with Gasteiger partial charge in [0.15, 0.2) is 28.9 Å². The Morgan fingerprint density at radius 2 is 1.97 bits per heavy atom. The molecule has 1 heterocycles. The molecule has 0 saturated carbocycles. The third-order valence-electron chi connectivity index (χ3n) is 4.18. The van der Waals surface area contributed by atoms with E-state index >= 15 is 0 Å². The van der Waals surface area contributed by atoms with Crippen molar-refractivity contribution in [1.82, 2.24) is 4.98 Å². The molecule has 3 rings (SSSR count). The second-order valence-electron chi connectivity index (χ2n) is 6.77. The molecule has 0 fully saturated rings. The number of primary sulfonamides is 1. The van der Waals surface area contributed by atoms with Crippen molar-refractivity contribution in [2.45, 2.75) is 11.9 Å². The predicted octanol–water partition coefficient (Wildman–Crippen LogP) is 3.65. The SMILES string of the molecule is Cc1nc(S(N)(=O)=O)ccc1NC(=O)COc1c(F)cc(F)cc1Oc1cc(Cl)cc(C#N)c1. The summed E-state index contributed by atoms with van der Waals surface area (Å²) in [6.07, 6.45) is 0. The van der Waals surface area contributed by atoms with Crippen LogP contribution in [0.25, 0.3) is 0 Å². The van der Waals surface area contributed by atoms with Crippen LogP contribution < -0.4 is 19.9 Å². The number of hydrogen-bond acceptors (Lipinski definition) is 7. The first-order valence-electron chi connectivity index (χ1n) is 9.27. The average molecular weight is 509 g/mol. The standard InChI is InChI=1S/C21H15ClF2N4O5S/c1-11-17(2-3-20(27-11)34(26,30)31)28-19(29)10-32-21-16(24)7-14(23)8-18(21)33-15-5-12(9-25)4-13(22)6-15/h2-8H,10H2,1H3,(H,28,29)(H2,26,30,31). The van der Waals surface area contributed by atoms with Gasteiger partial charge in [0.25, 0.3) is 15.9 Å². The number of carbonyl (C=O) groups excluding carboxylic acids is 1. The van der Waals surface area contributed by atoms with E-state index in [1.807, 2.05) is 6.07 Å². The lowest BCUT2D eigenvalue weighted by atomic mass is 10.2. The van der Waals surface area contributed by atoms with Crippen LogP contribution >= 0.6 is 11.6 Å². The summed E-state index contributed by atoms with van der Waals surface area (Å²) >= 11 is 5.92. The zero-order valence-electron chi connectivity index (χ0n) is 17.3. The molecular formula is C21H15ClF2N4O5S. The van der Waals surface area contributed by atoms with E-state index in [9.17, 15) is 22.0 Å². The summed E-state index contributed by atoms with van der Waals surface area (Å²) in [5, 5.41) is 16.3. The second kappa shape index (κ2) is 10.0. The zero-order valence-corrected chi connectivity index (χ0v) is 18.9. The van der Waals surface area contributed by atoms with Gasteiger partial charge in [-0.05, 0) is 37.3 Å². The summed E-state index contributed by atoms with van der Waals surface area (Å²) in [4.78, 5) is 16.1. The van der Waals surface area contributed by atoms with E-state index in [0.717, 1.165) is 12.1 Å². The number of nitrogens with two attached hydrogens (primary N) is 1. The van der Waals surface area contributed by atoms with Crippen LogP contribution in [0, 0.1) is 29.9 Å². The minimum Gasteiger partial charge on any atom is -0.477 e. The molecule has 0 radical (unpaired) electrons. The van der Waals surface area contributed by atoms with Crippen LogP contribution in [0.3, 0.4) is 0 Å². The van der Waals surface area contributed by atoms with Crippen LogP contribution in [0.1, 0.15) is 11.3 Å². The van der Waals surface area contributed by atoms with Gasteiger partial charge in [-0.25, -0.2) is 27.3 Å². The monoisotopic (exact) mass is 508 g/mol. The number of pyridine rings is 1. The Morgan fingerprint density at radius 1 is 1.24 bits per heavy atom. The Balaban J connectivity index is 1.78. The Kier molecular flexibility index (Phi) is 7.31. The van der Waals surface area contributed by atoms with E-state index < -0.39 is 45.7 Å². The number of carbonyl (C=O) groups is 1. The van der Waals surface area contributed by atoms with E-state index in [1.54, 1.807) is 0 Å². The number of ether oxygens (including phenoxy) is 2. The molecule has 0 aliphatic carbocycles. The Morgan fingerprint density at radius 3 is 2.62 bits per heavy atom. The number of amides is 1.